The summed E-state index contributed by atoms with van der Waals surface area (Å²) in [6, 6.07) is 5.57. The fourth-order valence-corrected chi connectivity index (χ4v) is 4.86. The monoisotopic (exact) mass is 391 g/mol. The highest BCUT2D eigenvalue weighted by molar-refractivity contribution is 8.26. The molecule has 1 amide bonds. The third-order valence-corrected chi connectivity index (χ3v) is 6.46. The average molecular weight is 392 g/mol. The van der Waals surface area contributed by atoms with Crippen LogP contribution >= 0.6 is 24.0 Å². The lowest BCUT2D eigenvalue weighted by molar-refractivity contribution is -0.122. The summed E-state index contributed by atoms with van der Waals surface area (Å²) in [7, 11) is 3.23. The van der Waals surface area contributed by atoms with Crippen molar-refractivity contribution in [2.75, 3.05) is 20.8 Å². The van der Waals surface area contributed by atoms with E-state index in [-0.39, 0.29) is 5.91 Å². The summed E-state index contributed by atoms with van der Waals surface area (Å²) >= 11 is 6.83. The molecule has 140 valence electrons. The van der Waals surface area contributed by atoms with Gasteiger partial charge < -0.3 is 9.47 Å². The number of hydrogen-bond acceptors (Lipinski definition) is 5. The van der Waals surface area contributed by atoms with Gasteiger partial charge in [-0.1, -0.05) is 56.1 Å². The molecule has 3 rings (SSSR count). The second-order valence-electron chi connectivity index (χ2n) is 6.73. The molecule has 2 aliphatic rings. The van der Waals surface area contributed by atoms with Crippen LogP contribution in [0.2, 0.25) is 0 Å². The molecule has 0 unspecified atom stereocenters. The Morgan fingerprint density at radius 1 is 1.23 bits per heavy atom. The highest BCUT2D eigenvalue weighted by Crippen LogP contribution is 2.36. The van der Waals surface area contributed by atoms with Crippen LogP contribution in [0.4, 0.5) is 0 Å². The van der Waals surface area contributed by atoms with E-state index in [4.69, 9.17) is 21.7 Å². The van der Waals surface area contributed by atoms with Crippen molar-refractivity contribution in [1.82, 2.24) is 4.90 Å². The number of benzene rings is 1. The minimum Gasteiger partial charge on any atom is -0.497 e. The number of thiocarbonyl (C=S) groups is 1. The van der Waals surface area contributed by atoms with Crippen LogP contribution in [0.3, 0.4) is 0 Å². The molecule has 1 aromatic carbocycles. The number of carbonyl (C=O) groups excluding carboxylic acids is 1. The van der Waals surface area contributed by atoms with Crippen molar-refractivity contribution in [2.24, 2.45) is 5.92 Å². The van der Waals surface area contributed by atoms with E-state index in [0.29, 0.717) is 15.0 Å². The molecule has 0 radical (unpaired) electrons. The molecule has 1 aromatic rings. The van der Waals surface area contributed by atoms with Gasteiger partial charge in [-0.2, -0.15) is 0 Å². The van der Waals surface area contributed by atoms with Gasteiger partial charge in [-0.25, -0.2) is 0 Å². The molecule has 1 saturated heterocycles. The Kier molecular flexibility index (Phi) is 6.59. The van der Waals surface area contributed by atoms with Crippen LogP contribution in [0, 0.1) is 5.92 Å². The number of carbonyl (C=O) groups is 1. The number of rotatable bonds is 6. The Labute approximate surface area is 164 Å². The van der Waals surface area contributed by atoms with Gasteiger partial charge in [-0.3, -0.25) is 9.69 Å². The first-order valence-corrected chi connectivity index (χ1v) is 10.3. The highest BCUT2D eigenvalue weighted by Gasteiger charge is 2.32. The van der Waals surface area contributed by atoms with Crippen molar-refractivity contribution in [3.8, 4) is 11.5 Å². The Morgan fingerprint density at radius 2 is 2.00 bits per heavy atom. The van der Waals surface area contributed by atoms with Gasteiger partial charge in [-0.15, -0.1) is 0 Å². The summed E-state index contributed by atoms with van der Waals surface area (Å²) in [5.74, 6) is 2.14. The van der Waals surface area contributed by atoms with Gasteiger partial charge in [0.05, 0.1) is 19.1 Å². The molecule has 26 heavy (non-hydrogen) atoms. The normalized spacial score (nSPS) is 20.1. The summed E-state index contributed by atoms with van der Waals surface area (Å²) < 4.78 is 11.3. The van der Waals surface area contributed by atoms with Crippen LogP contribution in [-0.4, -0.2) is 35.9 Å². The summed E-state index contributed by atoms with van der Waals surface area (Å²) in [5.41, 5.74) is 0.848. The lowest BCUT2D eigenvalue weighted by atomic mass is 9.87. The average Bonchev–Trinajstić information content (AvgIpc) is 2.94. The largest absolute Gasteiger partial charge is 0.497 e. The quantitative estimate of drug-likeness (QED) is 0.511. The maximum atomic E-state index is 12.8. The van der Waals surface area contributed by atoms with Gasteiger partial charge in [0.1, 0.15) is 15.8 Å². The first kappa shape index (κ1) is 19.2. The maximum absolute atomic E-state index is 12.8. The Hall–Kier alpha value is -1.53. The van der Waals surface area contributed by atoms with Crippen molar-refractivity contribution in [1.29, 1.82) is 0 Å². The molecule has 1 heterocycles. The highest BCUT2D eigenvalue weighted by atomic mass is 32.2. The van der Waals surface area contributed by atoms with Crippen LogP contribution < -0.4 is 9.47 Å². The van der Waals surface area contributed by atoms with Crippen molar-refractivity contribution in [3.63, 3.8) is 0 Å². The number of methoxy groups -OCH3 is 2. The molecule has 1 aliphatic carbocycles. The first-order valence-electron chi connectivity index (χ1n) is 9.09. The zero-order chi connectivity index (χ0) is 18.5. The predicted octanol–water partition coefficient (Wildman–Crippen LogP) is 4.88. The topological polar surface area (TPSA) is 38.8 Å². The minimum absolute atomic E-state index is 0.00804. The fraction of sp³-hybridized carbons (Fsp3) is 0.500. The number of ether oxygens (including phenoxy) is 2. The number of hydrogen-bond donors (Lipinski definition) is 0. The maximum Gasteiger partial charge on any atom is 0.266 e. The van der Waals surface area contributed by atoms with Crippen LogP contribution in [0.25, 0.3) is 6.08 Å². The molecule has 0 bridgehead atoms. The molecule has 0 atom stereocenters. The van der Waals surface area contributed by atoms with Crippen LogP contribution in [0.5, 0.6) is 11.5 Å². The fourth-order valence-electron chi connectivity index (χ4n) is 3.56. The van der Waals surface area contributed by atoms with E-state index in [2.05, 4.69) is 0 Å². The Bertz CT molecular complexity index is 711. The van der Waals surface area contributed by atoms with Gasteiger partial charge in [0.15, 0.2) is 0 Å². The molecule has 0 N–H and O–H groups in total. The molecule has 0 spiro atoms. The lowest BCUT2D eigenvalue weighted by Crippen LogP contribution is -2.30. The van der Waals surface area contributed by atoms with Gasteiger partial charge in [0, 0.05) is 18.2 Å². The first-order chi connectivity index (χ1) is 12.6. The van der Waals surface area contributed by atoms with E-state index in [9.17, 15) is 4.79 Å². The van der Waals surface area contributed by atoms with E-state index in [0.717, 1.165) is 30.2 Å². The smallest absolute Gasteiger partial charge is 0.266 e. The summed E-state index contributed by atoms with van der Waals surface area (Å²) in [6.45, 7) is 0.729. The van der Waals surface area contributed by atoms with Crippen LogP contribution in [0.15, 0.2) is 23.1 Å². The van der Waals surface area contributed by atoms with Gasteiger partial charge >= 0.3 is 0 Å². The summed E-state index contributed by atoms with van der Waals surface area (Å²) in [4.78, 5) is 15.2. The molecular weight excluding hydrogens is 366 g/mol. The van der Waals surface area contributed by atoms with E-state index in [1.165, 1.54) is 43.9 Å². The van der Waals surface area contributed by atoms with Gasteiger partial charge in [-0.05, 0) is 30.5 Å². The van der Waals surface area contributed by atoms with Gasteiger partial charge in [0.25, 0.3) is 5.91 Å². The molecule has 2 fully saturated rings. The standard InChI is InChI=1S/C20H25NO3S2/c1-23-16-9-8-15(17(13-16)24-2)12-18-19(22)21(20(25)26-18)11-10-14-6-4-3-5-7-14/h8-9,12-14H,3-7,10-11H2,1-2H3/b18-12-. The zero-order valence-corrected chi connectivity index (χ0v) is 17.0. The van der Waals surface area contributed by atoms with Crippen molar-refractivity contribution >= 4 is 40.3 Å². The number of thioether (sulfide) groups is 1. The van der Waals surface area contributed by atoms with E-state index in [1.54, 1.807) is 19.1 Å². The molecular formula is C20H25NO3S2. The summed E-state index contributed by atoms with van der Waals surface area (Å²) in [5, 5.41) is 0. The van der Waals surface area contributed by atoms with E-state index < -0.39 is 0 Å². The molecule has 1 aliphatic heterocycles. The van der Waals surface area contributed by atoms with Gasteiger partial charge in [0.2, 0.25) is 0 Å². The zero-order valence-electron chi connectivity index (χ0n) is 15.3. The third kappa shape index (κ3) is 4.41. The van der Waals surface area contributed by atoms with Crippen molar-refractivity contribution in [3.05, 3.63) is 28.7 Å². The molecule has 6 heteroatoms. The second-order valence-corrected chi connectivity index (χ2v) is 8.41. The van der Waals surface area contributed by atoms with Crippen molar-refractivity contribution < 1.29 is 14.3 Å². The molecule has 1 saturated carbocycles. The molecule has 4 nitrogen and oxygen atoms in total. The Morgan fingerprint density at radius 3 is 2.69 bits per heavy atom. The predicted molar refractivity (Wildman–Crippen MR) is 111 cm³/mol. The minimum atomic E-state index is 0.00804. The van der Waals surface area contributed by atoms with Crippen molar-refractivity contribution in [2.45, 2.75) is 38.5 Å². The number of amides is 1. The second kappa shape index (κ2) is 8.91. The van der Waals surface area contributed by atoms with E-state index in [1.807, 2.05) is 24.3 Å². The Balaban J connectivity index is 1.70. The lowest BCUT2D eigenvalue weighted by Gasteiger charge is -2.23. The van der Waals surface area contributed by atoms with Crippen LogP contribution in [0.1, 0.15) is 44.1 Å². The molecule has 0 aromatic heterocycles. The summed E-state index contributed by atoms with van der Waals surface area (Å²) in [6.07, 6.45) is 9.47. The van der Waals surface area contributed by atoms with Crippen LogP contribution in [-0.2, 0) is 4.79 Å². The third-order valence-electron chi connectivity index (χ3n) is 5.09. The SMILES string of the molecule is COc1ccc(/C=C2\SC(=S)N(CCC3CCCCC3)C2=O)c(OC)c1. The van der Waals surface area contributed by atoms with E-state index >= 15 is 0 Å². The number of nitrogens with zero attached hydrogens (tertiary/aromatic N) is 1.